The van der Waals surface area contributed by atoms with Crippen molar-refractivity contribution in [3.05, 3.63) is 59.4 Å². The fourth-order valence-electron chi connectivity index (χ4n) is 2.33. The van der Waals surface area contributed by atoms with Crippen LogP contribution in [0.4, 0.5) is 4.39 Å². The second kappa shape index (κ2) is 7.57. The van der Waals surface area contributed by atoms with Crippen LogP contribution < -0.4 is 5.32 Å². The van der Waals surface area contributed by atoms with Gasteiger partial charge in [-0.1, -0.05) is 30.3 Å². The van der Waals surface area contributed by atoms with Gasteiger partial charge in [0.2, 0.25) is 0 Å². The first kappa shape index (κ1) is 17.4. The second-order valence-corrected chi connectivity index (χ2v) is 5.54. The van der Waals surface area contributed by atoms with Crippen LogP contribution in [0.25, 0.3) is 11.1 Å². The lowest BCUT2D eigenvalue weighted by Crippen LogP contribution is -2.14. The number of benzene rings is 2. The molecule has 0 spiro atoms. The molecule has 0 radical (unpaired) electrons. The fraction of sp³-hybridized carbons (Fsp3) is 0.278. The molecule has 0 aliphatic heterocycles. The van der Waals surface area contributed by atoms with Crippen molar-refractivity contribution in [2.75, 3.05) is 7.11 Å². The summed E-state index contributed by atoms with van der Waals surface area (Å²) in [6.07, 6.45) is 2.54. The van der Waals surface area contributed by atoms with Crippen molar-refractivity contribution in [1.82, 2.24) is 5.32 Å². The van der Waals surface area contributed by atoms with Crippen LogP contribution in [0.1, 0.15) is 28.8 Å². The number of halogens is 2. The molecule has 1 fully saturated rings. The summed E-state index contributed by atoms with van der Waals surface area (Å²) in [6.45, 7) is 0.862. The van der Waals surface area contributed by atoms with Crippen molar-refractivity contribution in [1.29, 1.82) is 0 Å². The van der Waals surface area contributed by atoms with E-state index in [1.165, 1.54) is 37.6 Å². The summed E-state index contributed by atoms with van der Waals surface area (Å²) in [5.74, 6) is -1.23. The molecule has 5 heteroatoms. The molecular weight excluding hydrogens is 317 g/mol. The highest BCUT2D eigenvalue weighted by atomic mass is 35.5. The van der Waals surface area contributed by atoms with Crippen LogP contribution in [0.2, 0.25) is 0 Å². The van der Waals surface area contributed by atoms with Crippen LogP contribution in [0, 0.1) is 5.82 Å². The van der Waals surface area contributed by atoms with E-state index >= 15 is 0 Å². The van der Waals surface area contributed by atoms with Crippen LogP contribution in [-0.2, 0) is 11.3 Å². The third-order valence-corrected chi connectivity index (χ3v) is 3.83. The topological polar surface area (TPSA) is 38.3 Å². The Kier molecular flexibility index (Phi) is 5.74. The molecular formula is C18H19ClFNO2. The van der Waals surface area contributed by atoms with Gasteiger partial charge in [-0.3, -0.25) is 0 Å². The van der Waals surface area contributed by atoms with Crippen LogP contribution in [0.5, 0.6) is 0 Å². The van der Waals surface area contributed by atoms with E-state index in [9.17, 15) is 9.18 Å². The van der Waals surface area contributed by atoms with Gasteiger partial charge < -0.3 is 10.1 Å². The normalized spacial score (nSPS) is 13.3. The predicted molar refractivity (Wildman–Crippen MR) is 90.3 cm³/mol. The minimum atomic E-state index is -0.662. The SMILES string of the molecule is COC(=O)c1ccc(-c2ccc(CNC3CC3)cc2)cc1F.Cl. The van der Waals surface area contributed by atoms with Crippen molar-refractivity contribution >= 4 is 18.4 Å². The Hall–Kier alpha value is -1.91. The smallest absolute Gasteiger partial charge is 0.340 e. The molecule has 0 atom stereocenters. The Labute approximate surface area is 141 Å². The Bertz CT molecular complexity index is 684. The summed E-state index contributed by atoms with van der Waals surface area (Å²) in [6, 6.07) is 13.2. The van der Waals surface area contributed by atoms with Gasteiger partial charge in [0.25, 0.3) is 0 Å². The van der Waals surface area contributed by atoms with E-state index in [1.807, 2.05) is 24.3 Å². The van der Waals surface area contributed by atoms with Crippen LogP contribution in [-0.4, -0.2) is 19.1 Å². The highest BCUT2D eigenvalue weighted by molar-refractivity contribution is 5.90. The molecule has 3 rings (SSSR count). The third kappa shape index (κ3) is 4.30. The third-order valence-electron chi connectivity index (χ3n) is 3.83. The number of carbonyl (C=O) groups is 1. The number of esters is 1. The molecule has 0 amide bonds. The number of nitrogens with one attached hydrogen (secondary N) is 1. The fourth-order valence-corrected chi connectivity index (χ4v) is 2.33. The molecule has 0 bridgehead atoms. The van der Waals surface area contributed by atoms with Crippen molar-refractivity contribution in [2.24, 2.45) is 0 Å². The van der Waals surface area contributed by atoms with E-state index in [0.717, 1.165) is 17.7 Å². The van der Waals surface area contributed by atoms with Gasteiger partial charge >= 0.3 is 5.97 Å². The summed E-state index contributed by atoms with van der Waals surface area (Å²) in [5.41, 5.74) is 2.83. The summed E-state index contributed by atoms with van der Waals surface area (Å²) < 4.78 is 18.5. The Morgan fingerprint density at radius 3 is 2.39 bits per heavy atom. The first-order valence-electron chi connectivity index (χ1n) is 7.38. The Balaban J connectivity index is 0.00000192. The monoisotopic (exact) mass is 335 g/mol. The number of rotatable bonds is 5. The van der Waals surface area contributed by atoms with E-state index in [4.69, 9.17) is 0 Å². The molecule has 2 aromatic carbocycles. The molecule has 0 heterocycles. The van der Waals surface area contributed by atoms with E-state index in [0.29, 0.717) is 6.04 Å². The van der Waals surface area contributed by atoms with Crippen LogP contribution in [0.3, 0.4) is 0 Å². The van der Waals surface area contributed by atoms with Crippen LogP contribution in [0.15, 0.2) is 42.5 Å². The lowest BCUT2D eigenvalue weighted by molar-refractivity contribution is 0.0595. The molecule has 0 saturated heterocycles. The Morgan fingerprint density at radius 1 is 1.17 bits per heavy atom. The average Bonchev–Trinajstić information content (AvgIpc) is 3.37. The highest BCUT2D eigenvalue weighted by Crippen LogP contribution is 2.23. The molecule has 1 aliphatic rings. The number of hydrogen-bond acceptors (Lipinski definition) is 3. The first-order valence-corrected chi connectivity index (χ1v) is 7.38. The predicted octanol–water partition coefficient (Wildman–Crippen LogP) is 3.95. The van der Waals surface area contributed by atoms with Gasteiger partial charge in [-0.25, -0.2) is 9.18 Å². The molecule has 1 aliphatic carbocycles. The zero-order valence-corrected chi connectivity index (χ0v) is 13.7. The van der Waals surface area contributed by atoms with Crippen LogP contribution >= 0.6 is 12.4 Å². The number of methoxy groups -OCH3 is 1. The molecule has 1 N–H and O–H groups in total. The Morgan fingerprint density at radius 2 is 1.83 bits per heavy atom. The zero-order valence-electron chi connectivity index (χ0n) is 12.8. The van der Waals surface area contributed by atoms with Gasteiger partial charge in [0.05, 0.1) is 12.7 Å². The largest absolute Gasteiger partial charge is 0.465 e. The summed E-state index contributed by atoms with van der Waals surface area (Å²) in [7, 11) is 1.24. The van der Waals surface area contributed by atoms with Crippen molar-refractivity contribution in [3.8, 4) is 11.1 Å². The maximum absolute atomic E-state index is 14.0. The number of carbonyl (C=O) groups excluding carboxylic acids is 1. The number of hydrogen-bond donors (Lipinski definition) is 1. The van der Waals surface area contributed by atoms with Gasteiger partial charge in [0, 0.05) is 12.6 Å². The van der Waals surface area contributed by atoms with Gasteiger partial charge in [-0.05, 0) is 41.7 Å². The molecule has 122 valence electrons. The van der Waals surface area contributed by atoms with Crippen molar-refractivity contribution in [2.45, 2.75) is 25.4 Å². The average molecular weight is 336 g/mol. The van der Waals surface area contributed by atoms with Gasteiger partial charge in [-0.15, -0.1) is 12.4 Å². The quantitative estimate of drug-likeness (QED) is 0.841. The molecule has 1 saturated carbocycles. The summed E-state index contributed by atoms with van der Waals surface area (Å²) in [5, 5.41) is 3.46. The second-order valence-electron chi connectivity index (χ2n) is 5.54. The highest BCUT2D eigenvalue weighted by Gasteiger charge is 2.19. The maximum Gasteiger partial charge on any atom is 0.340 e. The lowest BCUT2D eigenvalue weighted by Gasteiger charge is -2.07. The summed E-state index contributed by atoms with van der Waals surface area (Å²) >= 11 is 0. The molecule has 0 aromatic heterocycles. The van der Waals surface area contributed by atoms with Crippen molar-refractivity contribution < 1.29 is 13.9 Å². The molecule has 3 nitrogen and oxygen atoms in total. The maximum atomic E-state index is 14.0. The first-order chi connectivity index (χ1) is 10.7. The minimum absolute atomic E-state index is 0. The van der Waals surface area contributed by atoms with Gasteiger partial charge in [0.15, 0.2) is 0 Å². The standard InChI is InChI=1S/C18H18FNO2.ClH/c1-22-18(21)16-9-6-14(10-17(16)19)13-4-2-12(3-5-13)11-20-15-7-8-15;/h2-6,9-10,15,20H,7-8,11H2,1H3;1H. The zero-order chi connectivity index (χ0) is 15.5. The van der Waals surface area contributed by atoms with E-state index < -0.39 is 11.8 Å². The van der Waals surface area contributed by atoms with Crippen molar-refractivity contribution in [3.63, 3.8) is 0 Å². The van der Waals surface area contributed by atoms with Gasteiger partial charge in [-0.2, -0.15) is 0 Å². The van der Waals surface area contributed by atoms with E-state index in [1.54, 1.807) is 6.07 Å². The lowest BCUT2D eigenvalue weighted by atomic mass is 10.0. The van der Waals surface area contributed by atoms with E-state index in [-0.39, 0.29) is 18.0 Å². The van der Waals surface area contributed by atoms with E-state index in [2.05, 4.69) is 10.1 Å². The van der Waals surface area contributed by atoms with Gasteiger partial charge in [0.1, 0.15) is 5.82 Å². The molecule has 23 heavy (non-hydrogen) atoms. The minimum Gasteiger partial charge on any atom is -0.465 e. The molecule has 2 aromatic rings. The molecule has 0 unspecified atom stereocenters. The number of ether oxygens (including phenoxy) is 1. The summed E-state index contributed by atoms with van der Waals surface area (Å²) in [4.78, 5) is 11.4.